The molecule has 1 fully saturated rings. The fourth-order valence-electron chi connectivity index (χ4n) is 3.30. The van der Waals surface area contributed by atoms with E-state index >= 15 is 0 Å². The number of hydrogen-bond acceptors (Lipinski definition) is 5. The number of para-hydroxylation sites is 1. The lowest BCUT2D eigenvalue weighted by atomic mass is 10.1. The lowest BCUT2D eigenvalue weighted by Crippen LogP contribution is -2.55. The van der Waals surface area contributed by atoms with Crippen molar-refractivity contribution in [3.8, 4) is 0 Å². The van der Waals surface area contributed by atoms with E-state index in [4.69, 9.17) is 5.11 Å². The molecule has 0 radical (unpaired) electrons. The number of β-amino-alcohol motifs (C(OH)–C–C–N with tert-alkyl or cyclic N) is 1. The number of fused-ring (bicyclic) bond motifs is 1. The highest BCUT2D eigenvalue weighted by Crippen LogP contribution is 2.34. The summed E-state index contributed by atoms with van der Waals surface area (Å²) >= 11 is 1.83. The van der Waals surface area contributed by atoms with Crippen LogP contribution in [0.2, 0.25) is 0 Å². The maximum Gasteiger partial charge on any atom is 0.244 e. The van der Waals surface area contributed by atoms with Crippen molar-refractivity contribution in [3.63, 3.8) is 0 Å². The quantitative estimate of drug-likeness (QED) is 0.894. The average Bonchev–Trinajstić information content (AvgIpc) is 2.61. The fourth-order valence-corrected chi connectivity index (χ4v) is 4.29. The molecule has 5 nitrogen and oxygen atoms in total. The van der Waals surface area contributed by atoms with Crippen molar-refractivity contribution in [2.75, 3.05) is 56.5 Å². The monoisotopic (exact) mass is 335 g/mol. The van der Waals surface area contributed by atoms with Gasteiger partial charge in [0.25, 0.3) is 0 Å². The largest absolute Gasteiger partial charge is 0.395 e. The molecule has 1 aromatic rings. The highest BCUT2D eigenvalue weighted by molar-refractivity contribution is 7.99. The zero-order valence-electron chi connectivity index (χ0n) is 13.6. The summed E-state index contributed by atoms with van der Waals surface area (Å²) in [7, 11) is 0. The first-order valence-electron chi connectivity index (χ1n) is 8.31. The van der Waals surface area contributed by atoms with Crippen molar-refractivity contribution >= 4 is 23.4 Å². The van der Waals surface area contributed by atoms with E-state index in [1.54, 1.807) is 0 Å². The summed E-state index contributed by atoms with van der Waals surface area (Å²) in [6, 6.07) is 8.08. The Morgan fingerprint density at radius 1 is 1.22 bits per heavy atom. The summed E-state index contributed by atoms with van der Waals surface area (Å²) < 4.78 is 0. The maximum atomic E-state index is 13.0. The second kappa shape index (κ2) is 7.66. The summed E-state index contributed by atoms with van der Waals surface area (Å²) in [5.74, 6) is 1.16. The number of rotatable bonds is 4. The van der Waals surface area contributed by atoms with E-state index in [0.717, 1.165) is 50.7 Å². The van der Waals surface area contributed by atoms with Gasteiger partial charge in [0.15, 0.2) is 0 Å². The van der Waals surface area contributed by atoms with Gasteiger partial charge in [-0.3, -0.25) is 14.6 Å². The SMILES string of the molecule is C[C@H](C(=O)N1CCSc2ccccc21)N1CCN(CCO)CC1. The Morgan fingerprint density at radius 3 is 2.70 bits per heavy atom. The number of hydrogen-bond donors (Lipinski definition) is 1. The van der Waals surface area contributed by atoms with Gasteiger partial charge in [0.2, 0.25) is 5.91 Å². The molecule has 1 atom stereocenters. The van der Waals surface area contributed by atoms with E-state index < -0.39 is 0 Å². The van der Waals surface area contributed by atoms with Gasteiger partial charge in [-0.2, -0.15) is 0 Å². The molecule has 6 heteroatoms. The molecule has 0 aliphatic carbocycles. The van der Waals surface area contributed by atoms with Crippen LogP contribution in [0.5, 0.6) is 0 Å². The molecule has 0 aromatic heterocycles. The molecule has 0 spiro atoms. The van der Waals surface area contributed by atoms with Gasteiger partial charge < -0.3 is 10.0 Å². The third kappa shape index (κ3) is 3.71. The molecule has 0 saturated carbocycles. The molecule has 126 valence electrons. The van der Waals surface area contributed by atoms with Gasteiger partial charge >= 0.3 is 0 Å². The number of anilines is 1. The number of carbonyl (C=O) groups is 1. The highest BCUT2D eigenvalue weighted by atomic mass is 32.2. The zero-order chi connectivity index (χ0) is 16.2. The van der Waals surface area contributed by atoms with Crippen LogP contribution in [-0.4, -0.2) is 78.5 Å². The normalized spacial score (nSPS) is 21.0. The van der Waals surface area contributed by atoms with Crippen molar-refractivity contribution in [1.82, 2.24) is 9.80 Å². The van der Waals surface area contributed by atoms with Gasteiger partial charge in [0.05, 0.1) is 18.3 Å². The molecule has 2 aliphatic heterocycles. The first-order chi connectivity index (χ1) is 11.2. The molecular weight excluding hydrogens is 310 g/mol. The lowest BCUT2D eigenvalue weighted by Gasteiger charge is -2.39. The number of benzene rings is 1. The number of aliphatic hydroxyl groups excluding tert-OH is 1. The Labute approximate surface area is 142 Å². The van der Waals surface area contributed by atoms with E-state index in [1.165, 1.54) is 4.90 Å². The van der Waals surface area contributed by atoms with Crippen LogP contribution in [0.15, 0.2) is 29.2 Å². The van der Waals surface area contributed by atoms with E-state index in [-0.39, 0.29) is 18.6 Å². The minimum absolute atomic E-state index is 0.0950. The molecule has 0 unspecified atom stereocenters. The minimum Gasteiger partial charge on any atom is -0.395 e. The number of thioether (sulfide) groups is 1. The Kier molecular flexibility index (Phi) is 5.58. The topological polar surface area (TPSA) is 47.0 Å². The molecule has 2 aliphatic rings. The number of amides is 1. The van der Waals surface area contributed by atoms with E-state index in [1.807, 2.05) is 41.8 Å². The van der Waals surface area contributed by atoms with Gasteiger partial charge in [-0.15, -0.1) is 11.8 Å². The van der Waals surface area contributed by atoms with Crippen LogP contribution < -0.4 is 4.90 Å². The van der Waals surface area contributed by atoms with E-state index in [0.29, 0.717) is 0 Å². The van der Waals surface area contributed by atoms with Gasteiger partial charge in [0, 0.05) is 49.9 Å². The summed E-state index contributed by atoms with van der Waals surface area (Å²) in [5.41, 5.74) is 1.06. The third-order valence-corrected chi connectivity index (χ3v) is 5.77. The summed E-state index contributed by atoms with van der Waals surface area (Å²) in [6.07, 6.45) is 0. The van der Waals surface area contributed by atoms with Crippen molar-refractivity contribution in [3.05, 3.63) is 24.3 Å². The summed E-state index contributed by atoms with van der Waals surface area (Å²) in [5, 5.41) is 9.03. The van der Waals surface area contributed by atoms with Crippen molar-refractivity contribution in [2.45, 2.75) is 17.9 Å². The van der Waals surface area contributed by atoms with Crippen molar-refractivity contribution in [1.29, 1.82) is 0 Å². The van der Waals surface area contributed by atoms with Gasteiger partial charge in [-0.05, 0) is 19.1 Å². The second-order valence-corrected chi connectivity index (χ2v) is 7.22. The molecule has 1 amide bonds. The first kappa shape index (κ1) is 16.8. The summed E-state index contributed by atoms with van der Waals surface area (Å²) in [4.78, 5) is 20.7. The Balaban J connectivity index is 1.65. The van der Waals surface area contributed by atoms with Crippen molar-refractivity contribution in [2.24, 2.45) is 0 Å². The Bertz CT molecular complexity index is 546. The molecule has 0 bridgehead atoms. The molecule has 23 heavy (non-hydrogen) atoms. The van der Waals surface area contributed by atoms with Gasteiger partial charge in [0.1, 0.15) is 0 Å². The summed E-state index contributed by atoms with van der Waals surface area (Å²) in [6.45, 7) is 7.36. The Morgan fingerprint density at radius 2 is 1.96 bits per heavy atom. The predicted molar refractivity (Wildman–Crippen MR) is 94.1 cm³/mol. The zero-order valence-corrected chi connectivity index (χ0v) is 14.5. The second-order valence-electron chi connectivity index (χ2n) is 6.08. The van der Waals surface area contributed by atoms with Crippen LogP contribution in [-0.2, 0) is 4.79 Å². The predicted octanol–water partition coefficient (Wildman–Crippen LogP) is 1.12. The van der Waals surface area contributed by atoms with Crippen LogP contribution in [0.3, 0.4) is 0 Å². The van der Waals surface area contributed by atoms with Crippen LogP contribution in [0.25, 0.3) is 0 Å². The molecule has 1 N–H and O–H groups in total. The number of piperazine rings is 1. The smallest absolute Gasteiger partial charge is 0.244 e. The highest BCUT2D eigenvalue weighted by Gasteiger charge is 2.31. The van der Waals surface area contributed by atoms with Crippen LogP contribution in [0.1, 0.15) is 6.92 Å². The van der Waals surface area contributed by atoms with Crippen LogP contribution in [0, 0.1) is 0 Å². The van der Waals surface area contributed by atoms with Crippen LogP contribution in [0.4, 0.5) is 5.69 Å². The molecule has 3 rings (SSSR count). The average molecular weight is 335 g/mol. The van der Waals surface area contributed by atoms with Gasteiger partial charge in [-0.1, -0.05) is 12.1 Å². The number of aliphatic hydroxyl groups is 1. The maximum absolute atomic E-state index is 13.0. The molecular formula is C17H25N3O2S. The molecule has 1 saturated heterocycles. The fraction of sp³-hybridized carbons (Fsp3) is 0.588. The standard InChI is InChI=1S/C17H25N3O2S/c1-14(19-8-6-18(7-9-19)10-12-21)17(22)20-11-13-23-16-5-3-2-4-15(16)20/h2-5,14,21H,6-13H2,1H3/t14-/m1/s1. The first-order valence-corrected chi connectivity index (χ1v) is 9.29. The lowest BCUT2D eigenvalue weighted by molar-refractivity contribution is -0.124. The van der Waals surface area contributed by atoms with Gasteiger partial charge in [-0.25, -0.2) is 0 Å². The number of nitrogens with zero attached hydrogens (tertiary/aromatic N) is 3. The molecule has 1 aromatic carbocycles. The van der Waals surface area contributed by atoms with Crippen LogP contribution >= 0.6 is 11.8 Å². The minimum atomic E-state index is -0.0950. The number of carbonyl (C=O) groups excluding carboxylic acids is 1. The Hall–Kier alpha value is -1.08. The van der Waals surface area contributed by atoms with Crippen molar-refractivity contribution < 1.29 is 9.90 Å². The third-order valence-electron chi connectivity index (χ3n) is 4.72. The van der Waals surface area contributed by atoms with E-state index in [9.17, 15) is 4.79 Å². The molecule has 2 heterocycles. The van der Waals surface area contributed by atoms with E-state index in [2.05, 4.69) is 15.9 Å².